The Labute approximate surface area is 140 Å². The van der Waals surface area contributed by atoms with Crippen LogP contribution in [-0.4, -0.2) is 17.4 Å². The van der Waals surface area contributed by atoms with Gasteiger partial charge in [0.15, 0.2) is 0 Å². The molecule has 0 saturated carbocycles. The molecule has 1 amide bonds. The van der Waals surface area contributed by atoms with E-state index < -0.39 is 0 Å². The summed E-state index contributed by atoms with van der Waals surface area (Å²) in [6.07, 6.45) is 0.871. The number of amides is 1. The third-order valence-corrected chi connectivity index (χ3v) is 4.84. The quantitative estimate of drug-likeness (QED) is 0.723. The number of nitrogen functional groups attached to an aromatic ring is 1. The molecule has 3 nitrogen and oxygen atoms in total. The summed E-state index contributed by atoms with van der Waals surface area (Å²) in [5.74, 6) is 0.0439. The summed E-state index contributed by atoms with van der Waals surface area (Å²) in [4.78, 5) is 14.5. The molecule has 1 heterocycles. The van der Waals surface area contributed by atoms with Crippen molar-refractivity contribution >= 4 is 43.5 Å². The fourth-order valence-corrected chi connectivity index (χ4v) is 3.80. The zero-order chi connectivity index (χ0) is 15.0. The molecule has 2 N–H and O–H groups in total. The summed E-state index contributed by atoms with van der Waals surface area (Å²) in [7, 11) is 0. The maximum absolute atomic E-state index is 12.7. The van der Waals surface area contributed by atoms with E-state index in [1.54, 1.807) is 0 Å². The highest BCUT2D eigenvalue weighted by molar-refractivity contribution is 9.11. The Kier molecular flexibility index (Phi) is 4.04. The van der Waals surface area contributed by atoms with Crippen molar-refractivity contribution in [1.82, 2.24) is 4.90 Å². The lowest BCUT2D eigenvalue weighted by Gasteiger charge is -2.29. The third kappa shape index (κ3) is 2.99. The van der Waals surface area contributed by atoms with Crippen molar-refractivity contribution in [3.63, 3.8) is 0 Å². The van der Waals surface area contributed by atoms with Crippen LogP contribution in [0.25, 0.3) is 0 Å². The molecule has 1 aliphatic heterocycles. The zero-order valence-electron chi connectivity index (χ0n) is 11.3. The smallest absolute Gasteiger partial charge is 0.255 e. The first-order valence-electron chi connectivity index (χ1n) is 6.66. The Morgan fingerprint density at radius 1 is 1.10 bits per heavy atom. The van der Waals surface area contributed by atoms with Crippen LogP contribution in [-0.2, 0) is 13.0 Å². The van der Waals surface area contributed by atoms with Gasteiger partial charge in [0.2, 0.25) is 0 Å². The molecule has 5 heteroatoms. The number of fused-ring (bicyclic) bond motifs is 1. The monoisotopic (exact) mass is 408 g/mol. The van der Waals surface area contributed by atoms with Crippen molar-refractivity contribution in [1.29, 1.82) is 0 Å². The minimum absolute atomic E-state index is 0.0439. The van der Waals surface area contributed by atoms with E-state index in [1.165, 1.54) is 5.56 Å². The van der Waals surface area contributed by atoms with E-state index >= 15 is 0 Å². The Hall–Kier alpha value is -1.33. The molecule has 1 aliphatic rings. The minimum Gasteiger partial charge on any atom is -0.399 e. The molecule has 0 saturated heterocycles. The number of hydrogen-bond donors (Lipinski definition) is 1. The molecule has 0 fully saturated rings. The predicted molar refractivity (Wildman–Crippen MR) is 91.1 cm³/mol. The maximum atomic E-state index is 12.7. The number of hydrogen-bond acceptors (Lipinski definition) is 2. The highest BCUT2D eigenvalue weighted by atomic mass is 79.9. The number of nitrogens with two attached hydrogens (primary N) is 1. The molecule has 3 rings (SSSR count). The van der Waals surface area contributed by atoms with Crippen molar-refractivity contribution in [3.8, 4) is 0 Å². The van der Waals surface area contributed by atoms with Crippen LogP contribution in [0.2, 0.25) is 0 Å². The summed E-state index contributed by atoms with van der Waals surface area (Å²) in [5, 5.41) is 0. The van der Waals surface area contributed by atoms with Gasteiger partial charge in [-0.3, -0.25) is 4.79 Å². The van der Waals surface area contributed by atoms with Gasteiger partial charge in [-0.05, 0) is 63.8 Å². The molecule has 2 aromatic carbocycles. The van der Waals surface area contributed by atoms with E-state index in [-0.39, 0.29) is 5.91 Å². The van der Waals surface area contributed by atoms with E-state index in [0.717, 1.165) is 33.2 Å². The molecule has 0 spiro atoms. The Balaban J connectivity index is 1.87. The molecule has 21 heavy (non-hydrogen) atoms. The van der Waals surface area contributed by atoms with Crippen LogP contribution in [0.15, 0.2) is 45.3 Å². The number of nitrogens with zero attached hydrogens (tertiary/aromatic N) is 1. The predicted octanol–water partition coefficient (Wildman–Crippen LogP) is 3.99. The van der Waals surface area contributed by atoms with E-state index in [2.05, 4.69) is 37.9 Å². The molecule has 0 unspecified atom stereocenters. The minimum atomic E-state index is 0.0439. The van der Waals surface area contributed by atoms with Crippen molar-refractivity contribution in [3.05, 3.63) is 62.0 Å². The third-order valence-electron chi connectivity index (χ3n) is 3.69. The van der Waals surface area contributed by atoms with Crippen LogP contribution >= 0.6 is 31.9 Å². The maximum Gasteiger partial charge on any atom is 0.255 e. The summed E-state index contributed by atoms with van der Waals surface area (Å²) < 4.78 is 1.75. The highest BCUT2D eigenvalue weighted by Crippen LogP contribution is 2.26. The second-order valence-electron chi connectivity index (χ2n) is 5.13. The van der Waals surface area contributed by atoms with Crippen molar-refractivity contribution in [2.75, 3.05) is 12.3 Å². The fourth-order valence-electron chi connectivity index (χ4n) is 2.58. The Bertz CT molecular complexity index is 715. The van der Waals surface area contributed by atoms with E-state index in [1.807, 2.05) is 35.2 Å². The lowest BCUT2D eigenvalue weighted by Crippen LogP contribution is -2.36. The van der Waals surface area contributed by atoms with Crippen LogP contribution < -0.4 is 5.73 Å². The second-order valence-corrected chi connectivity index (χ2v) is 6.90. The topological polar surface area (TPSA) is 46.3 Å². The number of carbonyl (C=O) groups excluding carboxylic acids is 1. The molecule has 2 aromatic rings. The van der Waals surface area contributed by atoms with Gasteiger partial charge in [-0.2, -0.15) is 0 Å². The van der Waals surface area contributed by atoms with Gasteiger partial charge in [0.05, 0.1) is 5.56 Å². The van der Waals surface area contributed by atoms with E-state index in [0.29, 0.717) is 12.1 Å². The Morgan fingerprint density at radius 3 is 2.67 bits per heavy atom. The summed E-state index contributed by atoms with van der Waals surface area (Å²) in [5.41, 5.74) is 9.69. The average Bonchev–Trinajstić information content (AvgIpc) is 2.46. The number of anilines is 1. The summed E-state index contributed by atoms with van der Waals surface area (Å²) >= 11 is 6.86. The molecule has 0 aliphatic carbocycles. The van der Waals surface area contributed by atoms with Gasteiger partial charge in [-0.1, -0.05) is 22.0 Å². The zero-order valence-corrected chi connectivity index (χ0v) is 14.4. The van der Waals surface area contributed by atoms with E-state index in [4.69, 9.17) is 5.73 Å². The SMILES string of the molecule is Nc1ccc2c(c1)CN(C(=O)c1ccc(Br)cc1Br)CC2. The number of carbonyl (C=O) groups is 1. The van der Waals surface area contributed by atoms with E-state index in [9.17, 15) is 4.79 Å². The Morgan fingerprint density at radius 2 is 1.90 bits per heavy atom. The van der Waals surface area contributed by atoms with Crippen LogP contribution in [0.5, 0.6) is 0 Å². The number of halogens is 2. The first-order valence-corrected chi connectivity index (χ1v) is 8.25. The summed E-state index contributed by atoms with van der Waals surface area (Å²) in [6, 6.07) is 11.6. The molecular formula is C16H14Br2N2O. The van der Waals surface area contributed by atoms with Crippen molar-refractivity contribution in [2.24, 2.45) is 0 Å². The van der Waals surface area contributed by atoms with Crippen molar-refractivity contribution < 1.29 is 4.79 Å². The van der Waals surface area contributed by atoms with Gasteiger partial charge in [0.25, 0.3) is 5.91 Å². The fraction of sp³-hybridized carbons (Fsp3) is 0.188. The normalized spacial score (nSPS) is 13.9. The van der Waals surface area contributed by atoms with Gasteiger partial charge in [-0.25, -0.2) is 0 Å². The highest BCUT2D eigenvalue weighted by Gasteiger charge is 2.23. The molecule has 0 atom stereocenters. The van der Waals surface area contributed by atoms with Gasteiger partial charge in [0.1, 0.15) is 0 Å². The van der Waals surface area contributed by atoms with Crippen LogP contribution in [0, 0.1) is 0 Å². The molecule has 0 aromatic heterocycles. The standard InChI is InChI=1S/C16H14Br2N2O/c17-12-2-4-14(15(18)8-12)16(21)20-6-5-10-1-3-13(19)7-11(10)9-20/h1-4,7-8H,5-6,9,19H2. The summed E-state index contributed by atoms with van der Waals surface area (Å²) in [6.45, 7) is 1.35. The van der Waals surface area contributed by atoms with Crippen molar-refractivity contribution in [2.45, 2.75) is 13.0 Å². The van der Waals surface area contributed by atoms with Gasteiger partial charge < -0.3 is 10.6 Å². The van der Waals surface area contributed by atoms with Gasteiger partial charge in [0, 0.05) is 27.7 Å². The number of benzene rings is 2. The van der Waals surface area contributed by atoms with Gasteiger partial charge in [-0.15, -0.1) is 0 Å². The molecule has 0 bridgehead atoms. The van der Waals surface area contributed by atoms with Crippen LogP contribution in [0.4, 0.5) is 5.69 Å². The van der Waals surface area contributed by atoms with Crippen LogP contribution in [0.1, 0.15) is 21.5 Å². The second kappa shape index (κ2) is 5.81. The average molecular weight is 410 g/mol. The first-order chi connectivity index (χ1) is 10.0. The van der Waals surface area contributed by atoms with Gasteiger partial charge >= 0.3 is 0 Å². The van der Waals surface area contributed by atoms with Crippen LogP contribution in [0.3, 0.4) is 0 Å². The molecule has 108 valence electrons. The molecular weight excluding hydrogens is 396 g/mol. The number of rotatable bonds is 1. The lowest BCUT2D eigenvalue weighted by molar-refractivity contribution is 0.0734. The largest absolute Gasteiger partial charge is 0.399 e. The molecule has 0 radical (unpaired) electrons. The first kappa shape index (κ1) is 14.6. The lowest BCUT2D eigenvalue weighted by atomic mass is 9.98.